The number of tetrazole rings is 1. The van der Waals surface area contributed by atoms with Crippen molar-refractivity contribution in [1.29, 1.82) is 0 Å². The molecule has 0 aliphatic rings. The topological polar surface area (TPSA) is 155 Å². The van der Waals surface area contributed by atoms with Gasteiger partial charge in [0.05, 0.1) is 23.5 Å². The Kier molecular flexibility index (Phi) is 6.45. The molecule has 4 aromatic rings. The van der Waals surface area contributed by atoms with Crippen molar-refractivity contribution in [3.8, 4) is 11.4 Å². The van der Waals surface area contributed by atoms with Crippen LogP contribution in [0.25, 0.3) is 22.3 Å². The summed E-state index contributed by atoms with van der Waals surface area (Å²) in [5.74, 6) is -1.20. The first-order valence-corrected chi connectivity index (χ1v) is 10.7. The molecule has 11 nitrogen and oxygen atoms in total. The SMILES string of the molecule is CCOC(=O)CC(=O)Nc1cccc2cc(C(=O)Nc3ccc(Br)cc3-c3nn[nH]n3)[nH]c12. The number of halogens is 1. The van der Waals surface area contributed by atoms with Crippen molar-refractivity contribution in [3.05, 3.63) is 52.6 Å². The van der Waals surface area contributed by atoms with Crippen LogP contribution in [0.3, 0.4) is 0 Å². The van der Waals surface area contributed by atoms with Gasteiger partial charge < -0.3 is 20.4 Å². The molecule has 0 spiro atoms. The number of ether oxygens (including phenoxy) is 1. The number of carbonyl (C=O) groups is 3. The van der Waals surface area contributed by atoms with E-state index in [0.717, 1.165) is 4.47 Å². The number of rotatable bonds is 7. The first kappa shape index (κ1) is 22.1. The first-order valence-electron chi connectivity index (χ1n) is 9.86. The fourth-order valence-electron chi connectivity index (χ4n) is 3.20. The molecule has 0 saturated heterocycles. The predicted octanol–water partition coefficient (Wildman–Crippen LogP) is 3.25. The molecule has 0 atom stereocenters. The second kappa shape index (κ2) is 9.61. The van der Waals surface area contributed by atoms with Crippen LogP contribution in [0.15, 0.2) is 46.9 Å². The molecule has 0 aliphatic heterocycles. The van der Waals surface area contributed by atoms with Crippen LogP contribution in [0.5, 0.6) is 0 Å². The van der Waals surface area contributed by atoms with Gasteiger partial charge in [0.15, 0.2) is 0 Å². The number of nitrogens with one attached hydrogen (secondary N) is 4. The summed E-state index contributed by atoms with van der Waals surface area (Å²) in [6.07, 6.45) is -0.402. The minimum absolute atomic E-state index is 0.198. The molecule has 0 unspecified atom stereocenters. The van der Waals surface area contributed by atoms with Gasteiger partial charge in [0, 0.05) is 15.4 Å². The number of esters is 1. The molecule has 33 heavy (non-hydrogen) atoms. The van der Waals surface area contributed by atoms with Gasteiger partial charge in [0.25, 0.3) is 5.91 Å². The fourth-order valence-corrected chi connectivity index (χ4v) is 3.56. The smallest absolute Gasteiger partial charge is 0.315 e. The highest BCUT2D eigenvalue weighted by atomic mass is 79.9. The Hall–Kier alpha value is -4.06. The Morgan fingerprint density at radius 2 is 1.94 bits per heavy atom. The zero-order valence-electron chi connectivity index (χ0n) is 17.3. The minimum atomic E-state index is -0.611. The normalized spacial score (nSPS) is 10.7. The van der Waals surface area contributed by atoms with E-state index >= 15 is 0 Å². The van der Waals surface area contributed by atoms with E-state index in [4.69, 9.17) is 4.74 Å². The second-order valence-electron chi connectivity index (χ2n) is 6.86. The highest BCUT2D eigenvalue weighted by Gasteiger charge is 2.17. The average molecular weight is 512 g/mol. The molecule has 0 fully saturated rings. The second-order valence-corrected chi connectivity index (χ2v) is 7.78. The maximum Gasteiger partial charge on any atom is 0.315 e. The summed E-state index contributed by atoms with van der Waals surface area (Å²) in [5.41, 5.74) is 2.34. The van der Waals surface area contributed by atoms with Gasteiger partial charge in [-0.05, 0) is 42.5 Å². The quantitative estimate of drug-likeness (QED) is 0.219. The highest BCUT2D eigenvalue weighted by molar-refractivity contribution is 9.10. The summed E-state index contributed by atoms with van der Waals surface area (Å²) in [5, 5.41) is 20.1. The predicted molar refractivity (Wildman–Crippen MR) is 123 cm³/mol. The Balaban J connectivity index is 1.57. The van der Waals surface area contributed by atoms with Crippen LogP contribution < -0.4 is 10.6 Å². The van der Waals surface area contributed by atoms with Crippen LogP contribution in [-0.4, -0.2) is 50.0 Å². The lowest BCUT2D eigenvalue weighted by molar-refractivity contribution is -0.145. The number of nitrogens with zero attached hydrogens (tertiary/aromatic N) is 3. The van der Waals surface area contributed by atoms with Crippen molar-refractivity contribution in [2.45, 2.75) is 13.3 Å². The number of aromatic nitrogens is 5. The molecule has 4 rings (SSSR count). The van der Waals surface area contributed by atoms with Gasteiger partial charge in [-0.3, -0.25) is 14.4 Å². The Labute approximate surface area is 195 Å². The summed E-state index contributed by atoms with van der Waals surface area (Å²) in [6, 6.07) is 12.1. The van der Waals surface area contributed by atoms with Gasteiger partial charge in [-0.25, -0.2) is 0 Å². The van der Waals surface area contributed by atoms with Crippen molar-refractivity contribution in [3.63, 3.8) is 0 Å². The maximum absolute atomic E-state index is 13.0. The zero-order chi connectivity index (χ0) is 23.4. The molecular formula is C21H18BrN7O4. The monoisotopic (exact) mass is 511 g/mol. The van der Waals surface area contributed by atoms with Gasteiger partial charge in [-0.2, -0.15) is 5.21 Å². The lowest BCUT2D eigenvalue weighted by Gasteiger charge is -2.09. The number of fused-ring (bicyclic) bond motifs is 1. The number of anilines is 2. The van der Waals surface area contributed by atoms with Crippen molar-refractivity contribution < 1.29 is 19.1 Å². The summed E-state index contributed by atoms with van der Waals surface area (Å²) < 4.78 is 5.58. The maximum atomic E-state index is 13.0. The molecule has 4 N–H and O–H groups in total. The van der Waals surface area contributed by atoms with E-state index in [0.29, 0.717) is 33.7 Å². The van der Waals surface area contributed by atoms with E-state index in [2.05, 4.69) is 52.2 Å². The van der Waals surface area contributed by atoms with Crippen LogP contribution in [0.2, 0.25) is 0 Å². The van der Waals surface area contributed by atoms with Gasteiger partial charge >= 0.3 is 5.97 Å². The third-order valence-corrected chi connectivity index (χ3v) is 5.09. The lowest BCUT2D eigenvalue weighted by atomic mass is 10.1. The van der Waals surface area contributed by atoms with E-state index in [9.17, 15) is 14.4 Å². The van der Waals surface area contributed by atoms with Crippen molar-refractivity contribution in [2.75, 3.05) is 17.2 Å². The largest absolute Gasteiger partial charge is 0.466 e. The third-order valence-electron chi connectivity index (χ3n) is 4.60. The zero-order valence-corrected chi connectivity index (χ0v) is 18.9. The molecule has 168 valence electrons. The molecule has 0 bridgehead atoms. The molecule has 0 saturated carbocycles. The van der Waals surface area contributed by atoms with Gasteiger partial charge in [-0.1, -0.05) is 28.1 Å². The summed E-state index contributed by atoms with van der Waals surface area (Å²) in [4.78, 5) is 39.7. The summed E-state index contributed by atoms with van der Waals surface area (Å²) >= 11 is 3.40. The number of hydrogen-bond acceptors (Lipinski definition) is 7. The molecule has 12 heteroatoms. The number of H-pyrrole nitrogens is 2. The van der Waals surface area contributed by atoms with Crippen molar-refractivity contribution in [2.24, 2.45) is 0 Å². The molecule has 0 radical (unpaired) electrons. The molecule has 2 heterocycles. The number of hydrogen-bond donors (Lipinski definition) is 4. The standard InChI is InChI=1S/C21H18BrN7O4/c1-2-33-18(31)10-17(30)23-15-5-3-4-11-8-16(24-19(11)15)21(32)25-14-7-6-12(22)9-13(14)20-26-28-29-27-20/h3-9,24H,2,10H2,1H3,(H,23,30)(H,25,32)(H,26,27,28,29). The van der Waals surface area contributed by atoms with E-state index in [1.807, 2.05) is 0 Å². The first-order chi connectivity index (χ1) is 15.9. The lowest BCUT2D eigenvalue weighted by Crippen LogP contribution is -2.18. The fraction of sp³-hybridized carbons (Fsp3) is 0.143. The summed E-state index contributed by atoms with van der Waals surface area (Å²) in [6.45, 7) is 1.87. The minimum Gasteiger partial charge on any atom is -0.466 e. The van der Waals surface area contributed by atoms with E-state index in [1.54, 1.807) is 49.4 Å². The van der Waals surface area contributed by atoms with E-state index in [-0.39, 0.29) is 12.3 Å². The van der Waals surface area contributed by atoms with E-state index in [1.165, 1.54) is 0 Å². The average Bonchev–Trinajstić information content (AvgIpc) is 3.45. The molecule has 2 aromatic heterocycles. The number of amides is 2. The molecule has 2 amide bonds. The van der Waals surface area contributed by atoms with Crippen LogP contribution >= 0.6 is 15.9 Å². The Bertz CT molecular complexity index is 1330. The number of aromatic amines is 2. The molecular weight excluding hydrogens is 494 g/mol. The van der Waals surface area contributed by atoms with Gasteiger partial charge in [-0.15, -0.1) is 10.2 Å². The Morgan fingerprint density at radius 1 is 1.09 bits per heavy atom. The number of para-hydroxylation sites is 1. The van der Waals surface area contributed by atoms with Crippen LogP contribution in [0, 0.1) is 0 Å². The summed E-state index contributed by atoms with van der Waals surface area (Å²) in [7, 11) is 0. The van der Waals surface area contributed by atoms with Crippen LogP contribution in [-0.2, 0) is 14.3 Å². The van der Waals surface area contributed by atoms with Crippen molar-refractivity contribution in [1.82, 2.24) is 25.6 Å². The molecule has 0 aliphatic carbocycles. The number of benzene rings is 2. The van der Waals surface area contributed by atoms with Crippen molar-refractivity contribution >= 4 is 56.0 Å². The molecule has 2 aromatic carbocycles. The number of carbonyl (C=O) groups excluding carboxylic acids is 3. The Morgan fingerprint density at radius 3 is 2.70 bits per heavy atom. The van der Waals surface area contributed by atoms with Crippen LogP contribution in [0.1, 0.15) is 23.8 Å². The van der Waals surface area contributed by atoms with E-state index < -0.39 is 24.2 Å². The van der Waals surface area contributed by atoms with Gasteiger partial charge in [0.2, 0.25) is 11.7 Å². The van der Waals surface area contributed by atoms with Crippen LogP contribution in [0.4, 0.5) is 11.4 Å². The third kappa shape index (κ3) is 5.06. The van der Waals surface area contributed by atoms with Gasteiger partial charge in [0.1, 0.15) is 12.1 Å². The highest BCUT2D eigenvalue weighted by Crippen LogP contribution is 2.29.